The fourth-order valence-corrected chi connectivity index (χ4v) is 3.86. The number of carbonyl (C=O) groups is 2. The number of para-hydroxylation sites is 1. The lowest BCUT2D eigenvalue weighted by molar-refractivity contribution is -0.115. The van der Waals surface area contributed by atoms with Crippen molar-refractivity contribution in [3.8, 4) is 0 Å². The van der Waals surface area contributed by atoms with Gasteiger partial charge in [-0.05, 0) is 53.8 Å². The summed E-state index contributed by atoms with van der Waals surface area (Å²) in [7, 11) is 0. The number of hydrogen-bond acceptors (Lipinski definition) is 2. The molecule has 0 bridgehead atoms. The predicted octanol–water partition coefficient (Wildman–Crippen LogP) is 7.22. The first-order valence-corrected chi connectivity index (χ1v) is 10.2. The van der Waals surface area contributed by atoms with Crippen molar-refractivity contribution in [2.45, 2.75) is 25.3 Å². The Labute approximate surface area is 189 Å². The number of hydrogen-bond donors (Lipinski definition) is 0. The average Bonchev–Trinajstić information content (AvgIpc) is 3.10. The molecule has 1 aliphatic heterocycles. The van der Waals surface area contributed by atoms with Crippen LogP contribution in [0.4, 0.5) is 28.0 Å². The molecule has 170 valence electrons. The molecule has 0 saturated carbocycles. The van der Waals surface area contributed by atoms with Gasteiger partial charge in [-0.2, -0.15) is 0 Å². The summed E-state index contributed by atoms with van der Waals surface area (Å²) in [6.07, 6.45) is -0.441. The van der Waals surface area contributed by atoms with E-state index in [2.05, 4.69) is 6.92 Å². The molecule has 0 unspecified atom stereocenters. The smallest absolute Gasteiger partial charge is 0.298 e. The van der Waals surface area contributed by atoms with Crippen LogP contribution in [0, 0.1) is 11.6 Å². The van der Waals surface area contributed by atoms with Gasteiger partial charge in [-0.1, -0.05) is 55.5 Å². The molecule has 0 saturated heterocycles. The van der Waals surface area contributed by atoms with E-state index in [0.29, 0.717) is 23.2 Å². The summed E-state index contributed by atoms with van der Waals surface area (Å²) in [5.41, 5.74) is 2.92. The molecular weight excluding hydrogens is 434 g/mol. The average molecular weight is 455 g/mol. The van der Waals surface area contributed by atoms with E-state index < -0.39 is 24.0 Å². The van der Waals surface area contributed by atoms with Crippen LogP contribution in [-0.4, -0.2) is 12.2 Å². The Balaban J connectivity index is 0.000000709. The second-order valence-corrected chi connectivity index (χ2v) is 7.59. The second kappa shape index (κ2) is 10.7. The highest BCUT2D eigenvalue weighted by Gasteiger charge is 2.35. The zero-order chi connectivity index (χ0) is 24.0. The molecule has 0 aromatic heterocycles. The third-order valence-corrected chi connectivity index (χ3v) is 5.29. The Morgan fingerprint density at radius 3 is 1.97 bits per heavy atom. The molecule has 7 heteroatoms. The van der Waals surface area contributed by atoms with E-state index >= 15 is 0 Å². The summed E-state index contributed by atoms with van der Waals surface area (Å²) in [6.45, 7) is 2.07. The largest absolute Gasteiger partial charge is 0.483 e. The zero-order valence-corrected chi connectivity index (χ0v) is 17.7. The topological polar surface area (TPSA) is 37.4 Å². The summed E-state index contributed by atoms with van der Waals surface area (Å²) in [5, 5.41) is 0. The number of rotatable bonds is 5. The molecular formula is C26H21F4NO2. The Hall–Kier alpha value is -3.74. The highest BCUT2D eigenvalue weighted by Crippen LogP contribution is 2.39. The van der Waals surface area contributed by atoms with Gasteiger partial charge in [-0.25, -0.2) is 13.6 Å². The van der Waals surface area contributed by atoms with Gasteiger partial charge in [0.05, 0.1) is 6.04 Å². The van der Waals surface area contributed by atoms with Gasteiger partial charge in [0.2, 0.25) is 0 Å². The standard InChI is InChI=1S/C25H21F2NO.CF2O/c1-17(18-8-4-2-5-9-18)12-20-15-24(19-13-21(26)16-22(27)14-19)28(25(20)29)23-10-6-3-7-11-23;2-1(3)4/h2-11,13-17,24H,12H2,1H3;/t17-,24-;/m0./s1. The molecule has 4 rings (SSSR count). The SMILES string of the molecule is C[C@@H](CC1=C[C@@H](c2cc(F)cc(F)c2)N(c2ccccc2)C1=O)c1ccccc1.O=C(F)F. The van der Waals surface area contributed by atoms with Crippen molar-refractivity contribution >= 4 is 17.9 Å². The number of anilines is 1. The van der Waals surface area contributed by atoms with Gasteiger partial charge in [-0.3, -0.25) is 9.69 Å². The van der Waals surface area contributed by atoms with Crippen LogP contribution >= 0.6 is 0 Å². The quantitative estimate of drug-likeness (QED) is 0.301. The van der Waals surface area contributed by atoms with Crippen LogP contribution in [0.5, 0.6) is 0 Å². The maximum atomic E-state index is 13.9. The molecule has 0 aliphatic carbocycles. The molecule has 0 radical (unpaired) electrons. The molecule has 3 nitrogen and oxygen atoms in total. The van der Waals surface area contributed by atoms with Crippen LogP contribution in [0.3, 0.4) is 0 Å². The fraction of sp³-hybridized carbons (Fsp3) is 0.154. The molecule has 0 spiro atoms. The third-order valence-electron chi connectivity index (χ3n) is 5.29. The lowest BCUT2D eigenvalue weighted by Gasteiger charge is -2.25. The van der Waals surface area contributed by atoms with Crippen molar-refractivity contribution in [2.24, 2.45) is 0 Å². The van der Waals surface area contributed by atoms with Gasteiger partial charge >= 0.3 is 6.29 Å². The predicted molar refractivity (Wildman–Crippen MR) is 118 cm³/mol. The summed E-state index contributed by atoms with van der Waals surface area (Å²) in [5.74, 6) is -1.29. The van der Waals surface area contributed by atoms with Gasteiger partial charge in [0.15, 0.2) is 0 Å². The maximum absolute atomic E-state index is 13.9. The minimum absolute atomic E-state index is 0.131. The van der Waals surface area contributed by atoms with Gasteiger partial charge in [0, 0.05) is 17.3 Å². The minimum Gasteiger partial charge on any atom is -0.298 e. The monoisotopic (exact) mass is 455 g/mol. The van der Waals surface area contributed by atoms with Crippen LogP contribution in [0.2, 0.25) is 0 Å². The van der Waals surface area contributed by atoms with Crippen molar-refractivity contribution in [1.82, 2.24) is 0 Å². The van der Waals surface area contributed by atoms with E-state index in [0.717, 1.165) is 11.6 Å². The number of amides is 1. The maximum Gasteiger partial charge on any atom is 0.483 e. The lowest BCUT2D eigenvalue weighted by atomic mass is 9.93. The van der Waals surface area contributed by atoms with Crippen LogP contribution < -0.4 is 4.90 Å². The Morgan fingerprint density at radius 2 is 1.42 bits per heavy atom. The van der Waals surface area contributed by atoms with E-state index in [1.54, 1.807) is 4.90 Å². The fourth-order valence-electron chi connectivity index (χ4n) is 3.86. The van der Waals surface area contributed by atoms with Gasteiger partial charge in [-0.15, -0.1) is 8.78 Å². The van der Waals surface area contributed by atoms with Crippen molar-refractivity contribution in [1.29, 1.82) is 0 Å². The molecule has 1 amide bonds. The summed E-state index contributed by atoms with van der Waals surface area (Å²) < 4.78 is 47.1. The van der Waals surface area contributed by atoms with E-state index in [9.17, 15) is 22.4 Å². The van der Waals surface area contributed by atoms with E-state index in [1.807, 2.05) is 66.7 Å². The number of halogens is 4. The number of benzene rings is 3. The Kier molecular flexibility index (Phi) is 7.77. The molecule has 3 aromatic rings. The minimum atomic E-state index is -2.83. The molecule has 0 N–H and O–H groups in total. The summed E-state index contributed by atoms with van der Waals surface area (Å²) in [4.78, 5) is 23.0. The number of nitrogens with zero attached hydrogens (tertiary/aromatic N) is 1. The van der Waals surface area contributed by atoms with Gasteiger partial charge in [0.25, 0.3) is 5.91 Å². The number of carbonyl (C=O) groups excluding carboxylic acids is 2. The Morgan fingerprint density at radius 1 is 0.909 bits per heavy atom. The summed E-state index contributed by atoms with van der Waals surface area (Å²) >= 11 is 0. The molecule has 1 heterocycles. The van der Waals surface area contributed by atoms with Crippen molar-refractivity contribution in [3.63, 3.8) is 0 Å². The molecule has 2 atom stereocenters. The zero-order valence-electron chi connectivity index (χ0n) is 17.7. The van der Waals surface area contributed by atoms with E-state index in [1.165, 1.54) is 12.1 Å². The highest BCUT2D eigenvalue weighted by molar-refractivity contribution is 6.09. The van der Waals surface area contributed by atoms with E-state index in [-0.39, 0.29) is 11.8 Å². The lowest BCUT2D eigenvalue weighted by Crippen LogP contribution is -2.29. The second-order valence-electron chi connectivity index (χ2n) is 7.59. The van der Waals surface area contributed by atoms with Crippen LogP contribution in [-0.2, 0) is 4.79 Å². The van der Waals surface area contributed by atoms with Crippen LogP contribution in [0.15, 0.2) is 90.5 Å². The van der Waals surface area contributed by atoms with Crippen molar-refractivity contribution < 1.29 is 27.2 Å². The molecule has 3 aromatic carbocycles. The third kappa shape index (κ3) is 6.16. The normalized spacial score (nSPS) is 16.0. The van der Waals surface area contributed by atoms with Crippen molar-refractivity contribution in [2.75, 3.05) is 4.90 Å². The molecule has 0 fully saturated rings. The van der Waals surface area contributed by atoms with Crippen LogP contribution in [0.1, 0.15) is 36.4 Å². The van der Waals surface area contributed by atoms with Crippen molar-refractivity contribution in [3.05, 3.63) is 113 Å². The first-order valence-electron chi connectivity index (χ1n) is 10.2. The van der Waals surface area contributed by atoms with Gasteiger partial charge in [0.1, 0.15) is 11.6 Å². The Bertz CT molecular complexity index is 1130. The van der Waals surface area contributed by atoms with E-state index in [4.69, 9.17) is 4.79 Å². The van der Waals surface area contributed by atoms with Gasteiger partial charge < -0.3 is 0 Å². The molecule has 1 aliphatic rings. The summed E-state index contributed by atoms with van der Waals surface area (Å²) in [6, 6.07) is 22.1. The highest BCUT2D eigenvalue weighted by atomic mass is 19.3. The molecule has 33 heavy (non-hydrogen) atoms. The first-order chi connectivity index (χ1) is 15.8. The van der Waals surface area contributed by atoms with Crippen LogP contribution in [0.25, 0.3) is 0 Å². The first kappa shape index (κ1) is 23.9.